The molecular formula is C31H45N. The maximum Gasteiger partial charge on any atom is 0.0344 e. The molecule has 0 amide bonds. The van der Waals surface area contributed by atoms with Crippen LogP contribution in [0.2, 0.25) is 0 Å². The monoisotopic (exact) mass is 431 g/mol. The first kappa shape index (κ1) is 29.4. The van der Waals surface area contributed by atoms with Crippen LogP contribution in [0.25, 0.3) is 5.57 Å². The van der Waals surface area contributed by atoms with Gasteiger partial charge in [0.1, 0.15) is 0 Å². The first-order valence-electron chi connectivity index (χ1n) is 11.8. The highest BCUT2D eigenvalue weighted by Gasteiger charge is 2.08. The molecule has 0 aromatic heterocycles. The fourth-order valence-corrected chi connectivity index (χ4v) is 3.12. The zero-order valence-corrected chi connectivity index (χ0v) is 21.9. The van der Waals surface area contributed by atoms with Crippen molar-refractivity contribution in [2.45, 2.75) is 80.6 Å². The summed E-state index contributed by atoms with van der Waals surface area (Å²) in [5, 5.41) is 0. The van der Waals surface area contributed by atoms with Crippen LogP contribution >= 0.6 is 0 Å². The summed E-state index contributed by atoms with van der Waals surface area (Å²) in [6.07, 6.45) is 13.7. The summed E-state index contributed by atoms with van der Waals surface area (Å²) in [6, 6.07) is 8.01. The average molecular weight is 432 g/mol. The molecule has 1 aliphatic carbocycles. The second-order valence-corrected chi connectivity index (χ2v) is 8.86. The smallest absolute Gasteiger partial charge is 0.0344 e. The van der Waals surface area contributed by atoms with E-state index in [1.165, 1.54) is 53.5 Å². The maximum atomic E-state index is 5.32. The first-order chi connectivity index (χ1) is 15.1. The molecule has 0 unspecified atom stereocenters. The molecule has 0 spiro atoms. The van der Waals surface area contributed by atoms with E-state index in [4.69, 9.17) is 6.42 Å². The van der Waals surface area contributed by atoms with Gasteiger partial charge in [0, 0.05) is 18.3 Å². The van der Waals surface area contributed by atoms with Crippen molar-refractivity contribution in [1.29, 1.82) is 0 Å². The van der Waals surface area contributed by atoms with Crippen molar-refractivity contribution < 1.29 is 0 Å². The Morgan fingerprint density at radius 3 is 1.97 bits per heavy atom. The highest BCUT2D eigenvalue weighted by Crippen LogP contribution is 2.28. The van der Waals surface area contributed by atoms with Gasteiger partial charge in [-0.3, -0.25) is 4.99 Å². The van der Waals surface area contributed by atoms with Crippen molar-refractivity contribution in [1.82, 2.24) is 0 Å². The minimum Gasteiger partial charge on any atom is -0.293 e. The normalized spacial score (nSPS) is 14.0. The van der Waals surface area contributed by atoms with Crippen LogP contribution in [0.15, 0.2) is 70.8 Å². The number of hydrogen-bond donors (Lipinski definition) is 0. The number of hydrogen-bond acceptors (Lipinski definition) is 1. The van der Waals surface area contributed by atoms with E-state index in [0.29, 0.717) is 5.92 Å². The number of nitrogens with zero attached hydrogens (tertiary/aromatic N) is 1. The van der Waals surface area contributed by atoms with Crippen molar-refractivity contribution in [3.8, 4) is 12.3 Å². The zero-order chi connectivity index (χ0) is 24.7. The van der Waals surface area contributed by atoms with Gasteiger partial charge in [0.15, 0.2) is 0 Å². The van der Waals surface area contributed by atoms with E-state index in [1.54, 1.807) is 5.57 Å². The molecule has 1 aliphatic rings. The van der Waals surface area contributed by atoms with Crippen LogP contribution in [0.1, 0.15) is 91.7 Å². The van der Waals surface area contributed by atoms with E-state index in [-0.39, 0.29) is 0 Å². The van der Waals surface area contributed by atoms with Gasteiger partial charge < -0.3 is 0 Å². The third-order valence-corrected chi connectivity index (χ3v) is 5.78. The van der Waals surface area contributed by atoms with Crippen LogP contribution in [0.4, 0.5) is 0 Å². The van der Waals surface area contributed by atoms with Crippen molar-refractivity contribution in [3.05, 3.63) is 76.9 Å². The number of benzene rings is 1. The summed E-state index contributed by atoms with van der Waals surface area (Å²) in [5.74, 6) is 3.27. The molecule has 2 rings (SSSR count). The highest BCUT2D eigenvalue weighted by molar-refractivity contribution is 6.00. The molecule has 0 fully saturated rings. The second-order valence-electron chi connectivity index (χ2n) is 8.86. The Hall–Kier alpha value is -2.59. The molecule has 0 atom stereocenters. The van der Waals surface area contributed by atoms with Gasteiger partial charge in [0.2, 0.25) is 0 Å². The molecular weight excluding hydrogens is 386 g/mol. The van der Waals surface area contributed by atoms with Gasteiger partial charge in [-0.05, 0) is 101 Å². The van der Waals surface area contributed by atoms with E-state index in [9.17, 15) is 0 Å². The van der Waals surface area contributed by atoms with Crippen LogP contribution < -0.4 is 0 Å². The molecule has 1 nitrogen and oxygen atoms in total. The molecule has 0 heterocycles. The predicted molar refractivity (Wildman–Crippen MR) is 147 cm³/mol. The SMILES string of the molecule is C#Cc1ccc(/C(C)=C/C(CC)=NC)cc1.C=C(C)C(C)C.C=C(C)C1=C(C)CCCC1. The molecule has 32 heavy (non-hydrogen) atoms. The number of terminal acetylenes is 1. The van der Waals surface area contributed by atoms with Gasteiger partial charge in [-0.2, -0.15) is 0 Å². The molecule has 1 heteroatoms. The van der Waals surface area contributed by atoms with Gasteiger partial charge in [-0.25, -0.2) is 0 Å². The van der Waals surface area contributed by atoms with E-state index in [0.717, 1.165) is 17.7 Å². The van der Waals surface area contributed by atoms with Crippen LogP contribution in [0.5, 0.6) is 0 Å². The molecule has 174 valence electrons. The quantitative estimate of drug-likeness (QED) is 0.250. The van der Waals surface area contributed by atoms with Gasteiger partial charge >= 0.3 is 0 Å². The average Bonchev–Trinajstić information content (AvgIpc) is 2.78. The second kappa shape index (κ2) is 16.1. The Labute approximate surface area is 199 Å². The van der Waals surface area contributed by atoms with E-state index < -0.39 is 0 Å². The lowest BCUT2D eigenvalue weighted by atomic mass is 9.89. The van der Waals surface area contributed by atoms with Crippen LogP contribution in [0, 0.1) is 18.3 Å². The summed E-state index contributed by atoms with van der Waals surface area (Å²) in [4.78, 5) is 4.21. The summed E-state index contributed by atoms with van der Waals surface area (Å²) >= 11 is 0. The predicted octanol–water partition coefficient (Wildman–Crippen LogP) is 9.22. The molecule has 0 saturated carbocycles. The lowest BCUT2D eigenvalue weighted by molar-refractivity contribution is 0.677. The fraction of sp³-hybridized carbons (Fsp3) is 0.452. The summed E-state index contributed by atoms with van der Waals surface area (Å²) in [5.41, 5.74) is 10.1. The molecule has 0 aliphatic heterocycles. The summed E-state index contributed by atoms with van der Waals surface area (Å²) in [6.45, 7) is 22.6. The zero-order valence-electron chi connectivity index (χ0n) is 21.9. The lowest BCUT2D eigenvalue weighted by Gasteiger charge is -2.17. The van der Waals surface area contributed by atoms with Crippen molar-refractivity contribution in [2.75, 3.05) is 7.05 Å². The Morgan fingerprint density at radius 1 is 1.09 bits per heavy atom. The van der Waals surface area contributed by atoms with Crippen molar-refractivity contribution in [2.24, 2.45) is 10.9 Å². The minimum atomic E-state index is 0.657. The van der Waals surface area contributed by atoms with E-state index in [1.807, 2.05) is 38.2 Å². The molecule has 1 aromatic rings. The van der Waals surface area contributed by atoms with Crippen molar-refractivity contribution >= 4 is 11.3 Å². The summed E-state index contributed by atoms with van der Waals surface area (Å²) < 4.78 is 0. The van der Waals surface area contributed by atoms with Gasteiger partial charge in [0.05, 0.1) is 0 Å². The number of rotatable bonds is 5. The van der Waals surface area contributed by atoms with Crippen LogP contribution in [-0.2, 0) is 0 Å². The molecule has 0 bridgehead atoms. The van der Waals surface area contributed by atoms with E-state index >= 15 is 0 Å². The molecule has 1 aromatic carbocycles. The minimum absolute atomic E-state index is 0.657. The summed E-state index contributed by atoms with van der Waals surface area (Å²) in [7, 11) is 1.82. The lowest BCUT2D eigenvalue weighted by Crippen LogP contribution is -1.97. The third kappa shape index (κ3) is 11.7. The molecule has 0 saturated heterocycles. The third-order valence-electron chi connectivity index (χ3n) is 5.78. The van der Waals surface area contributed by atoms with Crippen LogP contribution in [0.3, 0.4) is 0 Å². The standard InChI is InChI=1S/C15H17N.C10H16.C6H12/c1-5-13-7-9-14(10-8-13)12(3)11-15(6-2)16-4;1-8(2)10-7-5-4-6-9(10)3;1-5(2)6(3)4/h1,7-11H,6H2,2-4H3;1,4-7H2,2-3H3;6H,1H2,2-4H3/b12-11+,16-15?;;. The van der Waals surface area contributed by atoms with Gasteiger partial charge in [-0.15, -0.1) is 6.42 Å². The number of aliphatic imine (C=N–C) groups is 1. The number of allylic oxidation sites excluding steroid dienone is 6. The maximum absolute atomic E-state index is 5.32. The molecule has 0 radical (unpaired) electrons. The topological polar surface area (TPSA) is 12.4 Å². The van der Waals surface area contributed by atoms with Gasteiger partial charge in [0.25, 0.3) is 0 Å². The van der Waals surface area contributed by atoms with Crippen LogP contribution in [-0.4, -0.2) is 12.8 Å². The van der Waals surface area contributed by atoms with E-state index in [2.05, 4.69) is 71.7 Å². The Balaban J connectivity index is 0.000000511. The Bertz CT molecular complexity index is 864. The highest BCUT2D eigenvalue weighted by atomic mass is 14.7. The first-order valence-corrected chi connectivity index (χ1v) is 11.8. The van der Waals surface area contributed by atoms with Gasteiger partial charge in [-0.1, -0.05) is 68.7 Å². The molecule has 0 N–H and O–H groups in total. The Kier molecular flexibility index (Phi) is 14.8. The largest absolute Gasteiger partial charge is 0.293 e. The van der Waals surface area contributed by atoms with Crippen molar-refractivity contribution in [3.63, 3.8) is 0 Å². The Morgan fingerprint density at radius 2 is 1.62 bits per heavy atom. The fourth-order valence-electron chi connectivity index (χ4n) is 3.12.